The van der Waals surface area contributed by atoms with Crippen LogP contribution in [0.25, 0.3) is 0 Å². The summed E-state index contributed by atoms with van der Waals surface area (Å²) in [6.07, 6.45) is 2.33. The summed E-state index contributed by atoms with van der Waals surface area (Å²) in [4.78, 5) is 0. The van der Waals surface area contributed by atoms with Crippen molar-refractivity contribution in [1.29, 1.82) is 0 Å². The third-order valence-electron chi connectivity index (χ3n) is 4.08. The van der Waals surface area contributed by atoms with E-state index in [0.29, 0.717) is 11.3 Å². The second-order valence-corrected chi connectivity index (χ2v) is 4.81. The van der Waals surface area contributed by atoms with Gasteiger partial charge in [0, 0.05) is 5.41 Å². The minimum Gasteiger partial charge on any atom is -0.393 e. The van der Waals surface area contributed by atoms with Crippen LogP contribution in [-0.2, 0) is 0 Å². The van der Waals surface area contributed by atoms with E-state index in [2.05, 4.69) is 20.8 Å². The summed E-state index contributed by atoms with van der Waals surface area (Å²) in [5.41, 5.74) is 0.347. The molecule has 2 aliphatic carbocycles. The van der Waals surface area contributed by atoms with Crippen LogP contribution in [0.1, 0.15) is 33.6 Å². The van der Waals surface area contributed by atoms with Crippen molar-refractivity contribution in [3.63, 3.8) is 0 Å². The smallest absolute Gasteiger partial charge is 0.0604 e. The van der Waals surface area contributed by atoms with Crippen LogP contribution in [0.4, 0.5) is 0 Å². The Morgan fingerprint density at radius 1 is 1.45 bits per heavy atom. The molecule has 0 aromatic carbocycles. The van der Waals surface area contributed by atoms with Crippen molar-refractivity contribution >= 4 is 0 Å². The van der Waals surface area contributed by atoms with Crippen molar-refractivity contribution in [2.45, 2.75) is 39.7 Å². The SMILES string of the molecule is CC1CC(O)C2(C(C)C)CC12. The summed E-state index contributed by atoms with van der Waals surface area (Å²) in [6.45, 7) is 6.79. The average molecular weight is 154 g/mol. The number of fused-ring (bicyclic) bond motifs is 1. The molecular formula is C10H18O. The Hall–Kier alpha value is -0.0400. The van der Waals surface area contributed by atoms with Gasteiger partial charge in [0.05, 0.1) is 6.10 Å². The van der Waals surface area contributed by atoms with E-state index in [9.17, 15) is 5.11 Å². The topological polar surface area (TPSA) is 20.2 Å². The van der Waals surface area contributed by atoms with Crippen molar-refractivity contribution in [1.82, 2.24) is 0 Å². The van der Waals surface area contributed by atoms with Gasteiger partial charge >= 0.3 is 0 Å². The van der Waals surface area contributed by atoms with Crippen LogP contribution in [0.2, 0.25) is 0 Å². The first-order valence-electron chi connectivity index (χ1n) is 4.77. The third kappa shape index (κ3) is 0.752. The predicted molar refractivity (Wildman–Crippen MR) is 45.2 cm³/mol. The van der Waals surface area contributed by atoms with Gasteiger partial charge in [-0.1, -0.05) is 20.8 Å². The molecule has 1 N–H and O–H groups in total. The molecule has 0 aliphatic heterocycles. The maximum atomic E-state index is 9.83. The Kier molecular flexibility index (Phi) is 1.39. The summed E-state index contributed by atoms with van der Waals surface area (Å²) in [7, 11) is 0. The number of aliphatic hydroxyl groups is 1. The highest BCUT2D eigenvalue weighted by Crippen LogP contribution is 2.69. The fourth-order valence-corrected chi connectivity index (χ4v) is 3.22. The van der Waals surface area contributed by atoms with Gasteiger partial charge in [-0.2, -0.15) is 0 Å². The Bertz CT molecular complexity index is 172. The van der Waals surface area contributed by atoms with E-state index < -0.39 is 0 Å². The van der Waals surface area contributed by atoms with Gasteiger partial charge in [0.1, 0.15) is 0 Å². The van der Waals surface area contributed by atoms with Crippen LogP contribution >= 0.6 is 0 Å². The molecule has 0 aromatic rings. The van der Waals surface area contributed by atoms with Crippen LogP contribution in [0.3, 0.4) is 0 Å². The summed E-state index contributed by atoms with van der Waals surface area (Å²) in [6, 6.07) is 0. The molecule has 4 unspecified atom stereocenters. The molecule has 0 amide bonds. The standard InChI is InChI=1S/C10H18O/c1-6(2)10-5-8(10)7(3)4-9(10)11/h6-9,11H,4-5H2,1-3H3. The van der Waals surface area contributed by atoms with Crippen molar-refractivity contribution in [2.75, 3.05) is 0 Å². The zero-order valence-electron chi connectivity index (χ0n) is 7.67. The monoisotopic (exact) mass is 154 g/mol. The zero-order valence-corrected chi connectivity index (χ0v) is 7.67. The lowest BCUT2D eigenvalue weighted by atomic mass is 9.88. The van der Waals surface area contributed by atoms with E-state index in [4.69, 9.17) is 0 Å². The molecule has 0 aromatic heterocycles. The highest BCUT2D eigenvalue weighted by atomic mass is 16.3. The molecule has 4 atom stereocenters. The van der Waals surface area contributed by atoms with Crippen LogP contribution < -0.4 is 0 Å². The minimum absolute atomic E-state index is 0.00231. The fraction of sp³-hybridized carbons (Fsp3) is 1.00. The molecule has 2 rings (SSSR count). The first-order valence-corrected chi connectivity index (χ1v) is 4.77. The molecule has 0 heterocycles. The van der Waals surface area contributed by atoms with Gasteiger partial charge in [0.25, 0.3) is 0 Å². The minimum atomic E-state index is 0.00231. The van der Waals surface area contributed by atoms with E-state index in [1.54, 1.807) is 0 Å². The van der Waals surface area contributed by atoms with E-state index in [1.165, 1.54) is 6.42 Å². The molecule has 2 aliphatic rings. The van der Waals surface area contributed by atoms with Gasteiger partial charge in [-0.25, -0.2) is 0 Å². The molecular weight excluding hydrogens is 136 g/mol. The molecule has 64 valence electrons. The number of rotatable bonds is 1. The van der Waals surface area contributed by atoms with Crippen molar-refractivity contribution in [3.05, 3.63) is 0 Å². The lowest BCUT2D eigenvalue weighted by Gasteiger charge is -2.22. The van der Waals surface area contributed by atoms with E-state index in [0.717, 1.165) is 18.3 Å². The van der Waals surface area contributed by atoms with Crippen LogP contribution in [-0.4, -0.2) is 11.2 Å². The average Bonchev–Trinajstić information content (AvgIpc) is 2.56. The van der Waals surface area contributed by atoms with Gasteiger partial charge < -0.3 is 5.11 Å². The Balaban J connectivity index is 2.19. The molecule has 0 spiro atoms. The Morgan fingerprint density at radius 3 is 2.27 bits per heavy atom. The van der Waals surface area contributed by atoms with Gasteiger partial charge in [0.2, 0.25) is 0 Å². The van der Waals surface area contributed by atoms with E-state index in [1.807, 2.05) is 0 Å². The summed E-state index contributed by atoms with van der Waals surface area (Å²) in [5.74, 6) is 2.29. The Morgan fingerprint density at radius 2 is 2.09 bits per heavy atom. The predicted octanol–water partition coefficient (Wildman–Crippen LogP) is 2.05. The van der Waals surface area contributed by atoms with Crippen LogP contribution in [0.15, 0.2) is 0 Å². The maximum absolute atomic E-state index is 9.83. The molecule has 0 bridgehead atoms. The highest BCUT2D eigenvalue weighted by Gasteiger charge is 2.66. The molecule has 0 saturated heterocycles. The molecule has 2 fully saturated rings. The quantitative estimate of drug-likeness (QED) is 0.613. The van der Waals surface area contributed by atoms with Crippen LogP contribution in [0.5, 0.6) is 0 Å². The zero-order chi connectivity index (χ0) is 8.22. The normalized spacial score (nSPS) is 54.8. The highest BCUT2D eigenvalue weighted by molar-refractivity contribution is 5.15. The maximum Gasteiger partial charge on any atom is 0.0604 e. The number of hydrogen-bond donors (Lipinski definition) is 1. The van der Waals surface area contributed by atoms with E-state index in [-0.39, 0.29) is 6.10 Å². The summed E-state index contributed by atoms with van der Waals surface area (Å²) in [5, 5.41) is 9.83. The van der Waals surface area contributed by atoms with Crippen LogP contribution in [0, 0.1) is 23.2 Å². The third-order valence-corrected chi connectivity index (χ3v) is 4.08. The number of aliphatic hydroxyl groups excluding tert-OH is 1. The first-order chi connectivity index (χ1) is 5.09. The summed E-state index contributed by atoms with van der Waals surface area (Å²) < 4.78 is 0. The Labute approximate surface area is 68.8 Å². The summed E-state index contributed by atoms with van der Waals surface area (Å²) >= 11 is 0. The molecule has 1 heteroatoms. The molecule has 11 heavy (non-hydrogen) atoms. The van der Waals surface area contributed by atoms with Crippen molar-refractivity contribution in [2.24, 2.45) is 23.2 Å². The van der Waals surface area contributed by atoms with Crippen molar-refractivity contribution in [3.8, 4) is 0 Å². The molecule has 1 nitrogen and oxygen atoms in total. The van der Waals surface area contributed by atoms with Gasteiger partial charge in [-0.15, -0.1) is 0 Å². The largest absolute Gasteiger partial charge is 0.393 e. The van der Waals surface area contributed by atoms with Gasteiger partial charge in [-0.3, -0.25) is 0 Å². The van der Waals surface area contributed by atoms with Gasteiger partial charge in [0.15, 0.2) is 0 Å². The first kappa shape index (κ1) is 7.60. The number of hydrogen-bond acceptors (Lipinski definition) is 1. The lowest BCUT2D eigenvalue weighted by molar-refractivity contribution is 0.0741. The van der Waals surface area contributed by atoms with E-state index >= 15 is 0 Å². The second kappa shape index (κ2) is 2.01. The van der Waals surface area contributed by atoms with Gasteiger partial charge in [-0.05, 0) is 30.6 Å². The van der Waals surface area contributed by atoms with Crippen molar-refractivity contribution < 1.29 is 5.11 Å². The second-order valence-electron chi connectivity index (χ2n) is 4.81. The fourth-order valence-electron chi connectivity index (χ4n) is 3.22. The lowest BCUT2D eigenvalue weighted by Crippen LogP contribution is -2.24. The molecule has 0 radical (unpaired) electrons. The molecule has 2 saturated carbocycles.